The zero-order valence-corrected chi connectivity index (χ0v) is 13.1. The maximum Gasteiger partial charge on any atom is 0.282 e. The first kappa shape index (κ1) is 16.8. The second-order valence-corrected chi connectivity index (χ2v) is 7.00. The molecule has 0 amide bonds. The molecule has 0 aromatic carbocycles. The van der Waals surface area contributed by atoms with E-state index in [9.17, 15) is 8.42 Å². The summed E-state index contributed by atoms with van der Waals surface area (Å²) < 4.78 is 33.9. The van der Waals surface area contributed by atoms with Crippen LogP contribution in [-0.4, -0.2) is 62.0 Å². The first-order valence-electron chi connectivity index (χ1n) is 6.98. The van der Waals surface area contributed by atoms with E-state index < -0.39 is 15.7 Å². The molecule has 0 aromatic heterocycles. The van der Waals surface area contributed by atoms with Crippen LogP contribution >= 0.6 is 0 Å². The fourth-order valence-electron chi connectivity index (χ4n) is 2.21. The van der Waals surface area contributed by atoms with E-state index in [4.69, 9.17) is 10.5 Å². The van der Waals surface area contributed by atoms with Gasteiger partial charge in [0.1, 0.15) is 0 Å². The van der Waals surface area contributed by atoms with Crippen molar-refractivity contribution in [2.24, 2.45) is 5.73 Å². The molecule has 114 valence electrons. The van der Waals surface area contributed by atoms with Crippen LogP contribution in [0.1, 0.15) is 33.6 Å². The molecule has 1 saturated heterocycles. The molecule has 0 aliphatic carbocycles. The van der Waals surface area contributed by atoms with Gasteiger partial charge in [0.2, 0.25) is 0 Å². The van der Waals surface area contributed by atoms with Crippen LogP contribution in [0.15, 0.2) is 0 Å². The smallest absolute Gasteiger partial charge is 0.282 e. The summed E-state index contributed by atoms with van der Waals surface area (Å²) in [6.07, 6.45) is 1.48. The molecular formula is C12H27N3O3S. The maximum atomic E-state index is 12.8. The molecule has 0 aromatic rings. The Morgan fingerprint density at radius 3 is 2.32 bits per heavy atom. The van der Waals surface area contributed by atoms with Gasteiger partial charge in [-0.25, -0.2) is 0 Å². The lowest BCUT2D eigenvalue weighted by molar-refractivity contribution is 0.0666. The molecule has 6 nitrogen and oxygen atoms in total. The molecule has 1 aliphatic heterocycles. The number of nitrogens with zero attached hydrogens (tertiary/aromatic N) is 2. The van der Waals surface area contributed by atoms with Crippen molar-refractivity contribution in [3.8, 4) is 0 Å². The van der Waals surface area contributed by atoms with Crippen LogP contribution in [-0.2, 0) is 14.9 Å². The highest BCUT2D eigenvalue weighted by Crippen LogP contribution is 2.25. The quantitative estimate of drug-likeness (QED) is 0.737. The highest BCUT2D eigenvalue weighted by atomic mass is 32.2. The van der Waals surface area contributed by atoms with Gasteiger partial charge in [-0.1, -0.05) is 13.8 Å². The van der Waals surface area contributed by atoms with Crippen LogP contribution < -0.4 is 5.73 Å². The van der Waals surface area contributed by atoms with Crippen LogP contribution in [0.3, 0.4) is 0 Å². The van der Waals surface area contributed by atoms with E-state index in [1.807, 2.05) is 20.8 Å². The highest BCUT2D eigenvalue weighted by molar-refractivity contribution is 7.86. The van der Waals surface area contributed by atoms with Crippen LogP contribution in [0.4, 0.5) is 0 Å². The molecule has 1 aliphatic rings. The van der Waals surface area contributed by atoms with Gasteiger partial charge in [-0.15, -0.1) is 0 Å². The molecule has 1 rings (SSSR count). The van der Waals surface area contributed by atoms with Gasteiger partial charge in [-0.05, 0) is 19.8 Å². The molecule has 0 saturated carbocycles. The Labute approximate surface area is 117 Å². The van der Waals surface area contributed by atoms with E-state index in [0.29, 0.717) is 45.8 Å². The molecule has 1 fully saturated rings. The summed E-state index contributed by atoms with van der Waals surface area (Å²) in [7, 11) is -3.46. The molecule has 2 N–H and O–H groups in total. The van der Waals surface area contributed by atoms with Crippen molar-refractivity contribution in [3.63, 3.8) is 0 Å². The lowest BCUT2D eigenvalue weighted by Crippen LogP contribution is -2.59. The van der Waals surface area contributed by atoms with Gasteiger partial charge in [-0.2, -0.15) is 17.0 Å². The number of morpholine rings is 1. The SMILES string of the molecule is CCCN(C(C)(CC)CN)S(=O)(=O)N1CCOCC1. The van der Waals surface area contributed by atoms with E-state index in [2.05, 4.69) is 0 Å². The van der Waals surface area contributed by atoms with Crippen molar-refractivity contribution in [2.75, 3.05) is 39.4 Å². The van der Waals surface area contributed by atoms with Crippen LogP contribution in [0.25, 0.3) is 0 Å². The Morgan fingerprint density at radius 1 is 1.32 bits per heavy atom. The minimum Gasteiger partial charge on any atom is -0.379 e. The number of hydrogen-bond acceptors (Lipinski definition) is 4. The van der Waals surface area contributed by atoms with Gasteiger partial charge in [-0.3, -0.25) is 0 Å². The third kappa shape index (κ3) is 3.66. The number of rotatable bonds is 7. The molecule has 7 heteroatoms. The van der Waals surface area contributed by atoms with Crippen molar-refractivity contribution in [2.45, 2.75) is 39.2 Å². The summed E-state index contributed by atoms with van der Waals surface area (Å²) in [4.78, 5) is 0. The number of hydrogen-bond donors (Lipinski definition) is 1. The molecule has 0 radical (unpaired) electrons. The van der Waals surface area contributed by atoms with E-state index in [-0.39, 0.29) is 0 Å². The van der Waals surface area contributed by atoms with Crippen molar-refractivity contribution in [3.05, 3.63) is 0 Å². The lowest BCUT2D eigenvalue weighted by atomic mass is 9.99. The van der Waals surface area contributed by atoms with Gasteiger partial charge in [0.15, 0.2) is 0 Å². The molecule has 1 heterocycles. The third-order valence-corrected chi connectivity index (χ3v) is 6.00. The average Bonchev–Trinajstić information content (AvgIpc) is 2.44. The first-order chi connectivity index (χ1) is 8.92. The van der Waals surface area contributed by atoms with E-state index in [1.54, 1.807) is 4.31 Å². The third-order valence-electron chi connectivity index (χ3n) is 3.81. The Hall–Kier alpha value is -0.210. The molecular weight excluding hydrogens is 266 g/mol. The van der Waals surface area contributed by atoms with Crippen molar-refractivity contribution in [1.29, 1.82) is 0 Å². The van der Waals surface area contributed by atoms with Gasteiger partial charge in [0, 0.05) is 31.7 Å². The van der Waals surface area contributed by atoms with Crippen molar-refractivity contribution >= 4 is 10.2 Å². The summed E-state index contributed by atoms with van der Waals surface area (Å²) in [6.45, 7) is 8.48. The topological polar surface area (TPSA) is 75.9 Å². The van der Waals surface area contributed by atoms with E-state index in [0.717, 1.165) is 6.42 Å². The molecule has 0 bridgehead atoms. The van der Waals surface area contributed by atoms with Gasteiger partial charge in [0.05, 0.1) is 13.2 Å². The predicted octanol–water partition coefficient (Wildman–Crippen LogP) is 0.403. The number of ether oxygens (including phenoxy) is 1. The fourth-order valence-corrected chi connectivity index (χ4v) is 4.27. The Balaban J connectivity index is 3.02. The first-order valence-corrected chi connectivity index (χ1v) is 8.37. The zero-order valence-electron chi connectivity index (χ0n) is 12.3. The molecule has 1 unspecified atom stereocenters. The second-order valence-electron chi connectivity index (χ2n) is 5.15. The van der Waals surface area contributed by atoms with E-state index >= 15 is 0 Å². The van der Waals surface area contributed by atoms with Gasteiger partial charge < -0.3 is 10.5 Å². The molecule has 1 atom stereocenters. The Bertz CT molecular complexity index is 362. The van der Waals surface area contributed by atoms with Gasteiger partial charge in [0.25, 0.3) is 10.2 Å². The summed E-state index contributed by atoms with van der Waals surface area (Å²) in [5.41, 5.74) is 5.30. The summed E-state index contributed by atoms with van der Waals surface area (Å²) in [6, 6.07) is 0. The average molecular weight is 293 g/mol. The largest absolute Gasteiger partial charge is 0.379 e. The Kier molecular flexibility index (Phi) is 6.19. The zero-order chi connectivity index (χ0) is 14.5. The minimum atomic E-state index is -3.46. The van der Waals surface area contributed by atoms with Crippen LogP contribution in [0.2, 0.25) is 0 Å². The standard InChI is InChI=1S/C12H27N3O3S/c1-4-6-15(12(3,5-2)11-13)19(16,17)14-7-9-18-10-8-14/h4-11,13H2,1-3H3. The minimum absolute atomic E-state index is 0.326. The van der Waals surface area contributed by atoms with Crippen molar-refractivity contribution in [1.82, 2.24) is 8.61 Å². The molecule has 0 spiro atoms. The Morgan fingerprint density at radius 2 is 1.89 bits per heavy atom. The normalized spacial score (nSPS) is 21.5. The fraction of sp³-hybridized carbons (Fsp3) is 1.00. The predicted molar refractivity (Wildman–Crippen MR) is 76.1 cm³/mol. The second kappa shape index (κ2) is 6.99. The van der Waals surface area contributed by atoms with Crippen molar-refractivity contribution < 1.29 is 13.2 Å². The van der Waals surface area contributed by atoms with E-state index in [1.165, 1.54) is 4.31 Å². The summed E-state index contributed by atoms with van der Waals surface area (Å²) in [5, 5.41) is 0. The van der Waals surface area contributed by atoms with Gasteiger partial charge >= 0.3 is 0 Å². The summed E-state index contributed by atoms with van der Waals surface area (Å²) in [5.74, 6) is 0. The lowest BCUT2D eigenvalue weighted by Gasteiger charge is -2.42. The highest BCUT2D eigenvalue weighted by Gasteiger charge is 2.40. The van der Waals surface area contributed by atoms with Crippen LogP contribution in [0, 0.1) is 0 Å². The molecule has 19 heavy (non-hydrogen) atoms. The van der Waals surface area contributed by atoms with Crippen LogP contribution in [0.5, 0.6) is 0 Å². The summed E-state index contributed by atoms with van der Waals surface area (Å²) >= 11 is 0. The monoisotopic (exact) mass is 293 g/mol. The maximum absolute atomic E-state index is 12.8. The number of nitrogens with two attached hydrogens (primary N) is 1.